The molecule has 778 valence electrons. The van der Waals surface area contributed by atoms with E-state index in [1.807, 2.05) is 117 Å². The van der Waals surface area contributed by atoms with Crippen molar-refractivity contribution in [1.29, 1.82) is 0 Å². The molecular weight excluding hydrogens is 1980 g/mol. The van der Waals surface area contributed by atoms with Gasteiger partial charge in [0.1, 0.15) is 23.8 Å². The van der Waals surface area contributed by atoms with Crippen molar-refractivity contribution in [2.45, 2.75) is 150 Å². The summed E-state index contributed by atoms with van der Waals surface area (Å²) in [4.78, 5) is 154. The SMILES string of the molecule is O=C(CCCc1ccc2ccc3cccc4ccc1c2c34)NCNC(=O)C(O)C(O)C(=O)ON1C(=O)CCC1=O.[C-]#[N+]CCCP(OCC(COP(O)OCCCCCCNC(c1ccc(OC)cc1)(c1ccc(OC)cc1)c1ccc(S(C)(=O)=O)cc1)NC(=O)CCNC(=O)CCSP(=O)(O)OCCCC(=O)c1ccc(N=Nc2ccc(N(C)C)cc2)cc1)OC[C@@H]1O[C@@H](n2cnc3c(=O)[nH]c(N)nc32)C[C@@H]1OCC. The number of anilines is 2. The summed E-state index contributed by atoms with van der Waals surface area (Å²) < 4.78 is 92.7. The molecule has 0 aliphatic carbocycles. The number of aliphatic hydroxyl groups is 2. The first-order valence-electron chi connectivity index (χ1n) is 47.3. The van der Waals surface area contributed by atoms with E-state index in [9.17, 15) is 76.1 Å². The second-order valence-electron chi connectivity index (χ2n) is 34.3. The van der Waals surface area contributed by atoms with Crippen LogP contribution in [0.4, 0.5) is 23.0 Å². The van der Waals surface area contributed by atoms with Crippen LogP contribution in [0.15, 0.2) is 202 Å². The molecule has 2 saturated heterocycles. The molecule has 6 amide bonds. The lowest BCUT2D eigenvalue weighted by atomic mass is 9.76. The number of azo groups is 1. The molecule has 4 heterocycles. The highest BCUT2D eigenvalue weighted by Gasteiger charge is 2.42. The van der Waals surface area contributed by atoms with Crippen molar-refractivity contribution in [2.24, 2.45) is 10.2 Å². The molecule has 2 aromatic heterocycles. The van der Waals surface area contributed by atoms with Crippen LogP contribution in [-0.4, -0.2) is 243 Å². The third kappa shape index (κ3) is 31.9. The summed E-state index contributed by atoms with van der Waals surface area (Å²) in [7, 11) is -0.599. The number of aromatic nitrogens is 4. The number of imidazole rings is 1. The number of methoxy groups -OCH3 is 2. The number of hydrogen-bond donors (Lipinski definition) is 11. The summed E-state index contributed by atoms with van der Waals surface area (Å²) in [5.74, 6) is -4.59. The van der Waals surface area contributed by atoms with E-state index in [0.717, 1.165) is 58.0 Å². The van der Waals surface area contributed by atoms with E-state index in [1.165, 1.54) is 34.1 Å². The first kappa shape index (κ1) is 112. The molecule has 2 aliphatic rings. The van der Waals surface area contributed by atoms with Gasteiger partial charge in [0, 0.05) is 108 Å². The Morgan fingerprint density at radius 3 is 1.97 bits per heavy atom. The lowest BCUT2D eigenvalue weighted by molar-refractivity contribution is -0.206. The molecule has 0 spiro atoms. The van der Waals surface area contributed by atoms with Crippen molar-refractivity contribution in [2.75, 3.05) is 123 Å². The number of amides is 6. The topological polar surface area (TPSA) is 546 Å². The second kappa shape index (κ2) is 55.0. The number of fused-ring (bicyclic) bond motifs is 1. The van der Waals surface area contributed by atoms with Crippen molar-refractivity contribution >= 4 is 159 Å². The number of ether oxygens (including phenoxy) is 4. The van der Waals surface area contributed by atoms with Crippen molar-refractivity contribution in [1.82, 2.24) is 51.2 Å². The molecule has 9 aromatic carbocycles. The zero-order chi connectivity index (χ0) is 104. The van der Waals surface area contributed by atoms with Gasteiger partial charge in [0.25, 0.3) is 23.3 Å². The normalized spacial score (nSPS) is 15.8. The standard InChI is InChI=1S/C71H93N12O18P3S2.C29H27N3O8/c1-8-95-62-45-66(83-49-75-67-68(83)78-70(72)79-69(67)87)101-63(62)48-98-102(43-14-38-73-2)97-46-56(77-65(86)36-40-74-64(85)37-44-105-104(89,90)100-42-13-15-61(84)50-16-24-54(25-17-50)80-81-55-26-28-57(29-27-55)82(3)4)47-99-103(88)96-41-12-10-9-11-39-76-71(51-18-30-58(93-5)31-19-51,52-20-32-59(94-6)33-21-52)53-22-34-60(35-23-53)106(7,91)92;33-21(30-15-31-28(38)26(36)27(37)29(39)40-32-22(34)13-14-23(32)35)6-2-3-16-7-8-19-10-9-17-4-1-5-18-11-12-20(16)25(19)24(17)18/h16-35,49,56,62-63,66,76,88H,8-15,36-48H2,1,3-7H3,(H,74,85)(H,77,86)(H,89,90)(H3,72,78,79,87);1,4-5,7-12,26-27,36-37H,2-3,6,13-15H2,(H,30,33)(H,31,38)/t56?,62-,63-,66+,102?,103?;/m0./s1. The number of nitrogens with zero attached hydrogens (tertiary/aromatic N) is 8. The van der Waals surface area contributed by atoms with E-state index < -0.39 is 117 Å². The number of carbonyl (C=O) groups excluding carboxylic acids is 8. The number of nitrogens with one attached hydrogen (secondary N) is 6. The summed E-state index contributed by atoms with van der Waals surface area (Å²) in [5, 5.41) is 49.6. The van der Waals surface area contributed by atoms with E-state index in [1.54, 1.807) is 55.2 Å². The van der Waals surface area contributed by atoms with Crippen LogP contribution in [0.5, 0.6) is 11.5 Å². The predicted octanol–water partition coefficient (Wildman–Crippen LogP) is 12.7. The van der Waals surface area contributed by atoms with Gasteiger partial charge in [-0.1, -0.05) is 104 Å². The molecule has 6 unspecified atom stereocenters. The Hall–Kier alpha value is -12.3. The lowest BCUT2D eigenvalue weighted by Gasteiger charge is -2.37. The van der Waals surface area contributed by atoms with Crippen LogP contribution in [-0.2, 0) is 96.9 Å². The molecule has 2 aliphatic heterocycles. The van der Waals surface area contributed by atoms with Crippen LogP contribution in [0, 0.1) is 6.57 Å². The highest BCUT2D eigenvalue weighted by atomic mass is 32.7. The zero-order valence-electron chi connectivity index (χ0n) is 81.5. The number of H-pyrrole nitrogens is 1. The molecule has 11 aromatic rings. The van der Waals surface area contributed by atoms with E-state index in [4.69, 9.17) is 53.9 Å². The van der Waals surface area contributed by atoms with Gasteiger partial charge in [0.15, 0.2) is 47.4 Å². The van der Waals surface area contributed by atoms with Crippen LogP contribution >= 0.6 is 35.2 Å². The van der Waals surface area contributed by atoms with Crippen molar-refractivity contribution in [3.8, 4) is 11.5 Å². The lowest BCUT2D eigenvalue weighted by Crippen LogP contribution is -2.50. The molecular formula is C100H120N15O26P3S2. The monoisotopic (exact) mass is 2100 g/mol. The molecule has 9 atom stereocenters. The number of imide groups is 1. The summed E-state index contributed by atoms with van der Waals surface area (Å²) >= 11 is 0.571. The number of ketones is 1. The fourth-order valence-corrected chi connectivity index (χ4v) is 21.3. The summed E-state index contributed by atoms with van der Waals surface area (Å²) in [6, 6.07) is 54.5. The first-order valence-corrected chi connectivity index (χ1v) is 54.9. The van der Waals surface area contributed by atoms with Crippen molar-refractivity contribution < 1.29 is 118 Å². The van der Waals surface area contributed by atoms with Gasteiger partial charge in [-0.2, -0.15) is 15.2 Å². The quantitative estimate of drug-likeness (QED) is 0.00194. The van der Waals surface area contributed by atoms with Gasteiger partial charge in [-0.3, -0.25) is 53.2 Å². The number of hydroxylamine groups is 2. The molecule has 41 nitrogen and oxygen atoms in total. The van der Waals surface area contributed by atoms with Gasteiger partial charge in [0.2, 0.25) is 30.2 Å². The third-order valence-electron chi connectivity index (χ3n) is 23.8. The number of nitrogens with two attached hydrogens (primary N) is 1. The highest BCUT2D eigenvalue weighted by Crippen LogP contribution is 2.56. The molecule has 2 fully saturated rings. The minimum Gasteiger partial charge on any atom is -0.497 e. The molecule has 0 bridgehead atoms. The second-order valence-corrected chi connectivity index (χ2v) is 43.0. The van der Waals surface area contributed by atoms with Gasteiger partial charge in [-0.05, 0) is 196 Å². The maximum Gasteiger partial charge on any atom is 0.386 e. The van der Waals surface area contributed by atoms with Crippen LogP contribution in [0.2, 0.25) is 0 Å². The largest absolute Gasteiger partial charge is 0.497 e. The number of aryl methyl sites for hydroxylation is 1. The average Bonchev–Trinajstić information content (AvgIpc) is 1.19. The smallest absolute Gasteiger partial charge is 0.386 e. The van der Waals surface area contributed by atoms with Gasteiger partial charge >= 0.3 is 21.4 Å². The van der Waals surface area contributed by atoms with Crippen LogP contribution in [0.1, 0.15) is 136 Å². The molecule has 0 saturated carbocycles. The minimum atomic E-state index is -4.19. The summed E-state index contributed by atoms with van der Waals surface area (Å²) in [6.07, 6.45) is 1.17. The Kier molecular flexibility index (Phi) is 42.3. The number of nitrogen functional groups attached to an aromatic ring is 1. The van der Waals surface area contributed by atoms with E-state index in [-0.39, 0.29) is 142 Å². The van der Waals surface area contributed by atoms with E-state index in [2.05, 4.69) is 110 Å². The van der Waals surface area contributed by atoms with Crippen molar-refractivity contribution in [3.05, 3.63) is 232 Å². The van der Waals surface area contributed by atoms with Crippen LogP contribution in [0.3, 0.4) is 0 Å². The number of sulfone groups is 1. The van der Waals surface area contributed by atoms with E-state index >= 15 is 0 Å². The van der Waals surface area contributed by atoms with Gasteiger partial charge < -0.3 is 103 Å². The number of hydrogen-bond acceptors (Lipinski definition) is 33. The number of Topliss-reactive ketones (excluding diaryl/α,β-unsaturated/α-hetero) is 1. The molecule has 13 rings (SSSR count). The first-order chi connectivity index (χ1) is 70.2. The average molecular weight is 2110 g/mol. The Balaban J connectivity index is 0.000000391. The maximum absolute atomic E-state index is 13.6. The maximum atomic E-state index is 13.6. The van der Waals surface area contributed by atoms with Crippen molar-refractivity contribution in [3.63, 3.8) is 0 Å². The Morgan fingerprint density at radius 1 is 0.705 bits per heavy atom. The predicted molar refractivity (Wildman–Crippen MR) is 550 cm³/mol. The summed E-state index contributed by atoms with van der Waals surface area (Å²) in [6.45, 7) is 5.24. The van der Waals surface area contributed by atoms with Gasteiger partial charge in [-0.25, -0.2) is 29.3 Å². The Labute approximate surface area is 849 Å². The zero-order valence-corrected chi connectivity index (χ0v) is 85.8. The number of rotatable bonds is 57. The third-order valence-corrected chi connectivity index (χ3v) is 30.3. The van der Waals surface area contributed by atoms with Gasteiger partial charge in [-0.15, -0.1) is 5.06 Å². The number of benzene rings is 9. The summed E-state index contributed by atoms with van der Waals surface area (Å²) in [5.41, 5.74) is 11.2. The van der Waals surface area contributed by atoms with Crippen LogP contribution in [0.25, 0.3) is 48.3 Å². The number of unbranched alkanes of at least 4 members (excludes halogenated alkanes) is 3. The Bertz CT molecular complexity index is 6490. The fraction of sp³-hybridized carbons (Fsp3) is 0.400. The molecule has 46 heteroatoms. The Morgan fingerprint density at radius 2 is 1.33 bits per heavy atom. The fourth-order valence-electron chi connectivity index (χ4n) is 16.2. The van der Waals surface area contributed by atoms with E-state index in [0.29, 0.717) is 91.2 Å². The highest BCUT2D eigenvalue weighted by molar-refractivity contribution is 8.54. The number of aliphatic hydroxyl groups excluding tert-OH is 2. The molecule has 12 N–H and O–H groups in total. The van der Waals surface area contributed by atoms with Crippen LogP contribution < -0.4 is 52.3 Å². The minimum absolute atomic E-state index is 0.00440. The molecule has 0 radical (unpaired) electrons. The van der Waals surface area contributed by atoms with Gasteiger partial charge in [0.05, 0.1) is 94.2 Å². The molecule has 146 heavy (non-hydrogen) atoms. The number of aromatic amines is 1. The number of carbonyl (C=O) groups is 8.